The van der Waals surface area contributed by atoms with Crippen LogP contribution >= 0.6 is 43.2 Å². The van der Waals surface area contributed by atoms with E-state index in [1.54, 1.807) is 22.0 Å². The summed E-state index contributed by atoms with van der Waals surface area (Å²) in [7, 11) is 0. The lowest BCUT2D eigenvalue weighted by Crippen LogP contribution is -2.28. The molecule has 0 aliphatic heterocycles. The first-order valence-corrected chi connectivity index (χ1v) is 8.47. The van der Waals surface area contributed by atoms with Crippen molar-refractivity contribution in [1.82, 2.24) is 9.88 Å². The molecule has 0 amide bonds. The molecule has 0 radical (unpaired) electrons. The van der Waals surface area contributed by atoms with Crippen molar-refractivity contribution < 1.29 is 0 Å². The van der Waals surface area contributed by atoms with Crippen molar-refractivity contribution in [2.75, 3.05) is 13.1 Å². The molecule has 1 N–H and O–H groups in total. The highest BCUT2D eigenvalue weighted by Gasteiger charge is 2.02. The van der Waals surface area contributed by atoms with E-state index in [0.717, 1.165) is 24.0 Å². The fourth-order valence-corrected chi connectivity index (χ4v) is 3.68. The van der Waals surface area contributed by atoms with Crippen LogP contribution in [0.4, 0.5) is 0 Å². The molecule has 6 heteroatoms. The number of hydrogen-bond acceptors (Lipinski definition) is 3. The SMILES string of the molecule is O=c1c(Br)cc(Br)cn1CCNCCc1ccsc1. The molecule has 2 rings (SSSR count). The number of pyridine rings is 1. The Balaban J connectivity index is 1.78. The molecule has 2 heterocycles. The minimum absolute atomic E-state index is 0.00262. The fraction of sp³-hybridized carbons (Fsp3) is 0.308. The van der Waals surface area contributed by atoms with Gasteiger partial charge < -0.3 is 9.88 Å². The van der Waals surface area contributed by atoms with Gasteiger partial charge in [0.1, 0.15) is 0 Å². The summed E-state index contributed by atoms with van der Waals surface area (Å²) in [5.41, 5.74) is 1.36. The standard InChI is InChI=1S/C13H14Br2N2OS/c14-11-7-12(15)13(18)17(8-11)5-4-16-3-1-10-2-6-19-9-10/h2,6-9,16H,1,3-5H2. The quantitative estimate of drug-likeness (QED) is 0.748. The van der Waals surface area contributed by atoms with Gasteiger partial charge in [-0.2, -0.15) is 11.3 Å². The van der Waals surface area contributed by atoms with Crippen LogP contribution < -0.4 is 10.9 Å². The molecule has 0 fully saturated rings. The topological polar surface area (TPSA) is 34.0 Å². The Morgan fingerprint density at radius 3 is 2.89 bits per heavy atom. The van der Waals surface area contributed by atoms with E-state index in [2.05, 4.69) is 54.0 Å². The number of nitrogens with one attached hydrogen (secondary N) is 1. The van der Waals surface area contributed by atoms with Gasteiger partial charge in [0.2, 0.25) is 0 Å². The molecule has 0 spiro atoms. The predicted octanol–water partition coefficient (Wildman–Crippen LogP) is 3.27. The molecule has 102 valence electrons. The molecular formula is C13H14Br2N2OS. The van der Waals surface area contributed by atoms with Crippen LogP contribution in [0.2, 0.25) is 0 Å². The maximum Gasteiger partial charge on any atom is 0.264 e. The monoisotopic (exact) mass is 404 g/mol. The molecule has 2 aromatic heterocycles. The van der Waals surface area contributed by atoms with Crippen LogP contribution in [0.1, 0.15) is 5.56 Å². The lowest BCUT2D eigenvalue weighted by molar-refractivity contribution is 0.584. The zero-order chi connectivity index (χ0) is 13.7. The van der Waals surface area contributed by atoms with E-state index in [0.29, 0.717) is 11.0 Å². The Bertz CT molecular complexity index is 581. The molecule has 0 saturated carbocycles. The summed E-state index contributed by atoms with van der Waals surface area (Å²) in [5, 5.41) is 7.61. The van der Waals surface area contributed by atoms with Crippen molar-refractivity contribution in [3.63, 3.8) is 0 Å². The molecule has 0 aliphatic rings. The largest absolute Gasteiger partial charge is 0.315 e. The second-order valence-electron chi connectivity index (χ2n) is 4.14. The fourth-order valence-electron chi connectivity index (χ4n) is 1.72. The average Bonchev–Trinajstić information content (AvgIpc) is 2.87. The van der Waals surface area contributed by atoms with Gasteiger partial charge in [-0.1, -0.05) is 0 Å². The zero-order valence-electron chi connectivity index (χ0n) is 10.2. The van der Waals surface area contributed by atoms with Crippen LogP contribution in [-0.4, -0.2) is 17.7 Å². The van der Waals surface area contributed by atoms with Crippen molar-refractivity contribution in [3.05, 3.63) is 54.0 Å². The summed E-state index contributed by atoms with van der Waals surface area (Å²) >= 11 is 8.37. The van der Waals surface area contributed by atoms with Gasteiger partial charge in [-0.3, -0.25) is 4.79 Å². The molecule has 0 aliphatic carbocycles. The number of rotatable bonds is 6. The maximum absolute atomic E-state index is 11.8. The van der Waals surface area contributed by atoms with Gasteiger partial charge in [0, 0.05) is 23.8 Å². The number of halogens is 2. The van der Waals surface area contributed by atoms with Crippen molar-refractivity contribution >= 4 is 43.2 Å². The highest BCUT2D eigenvalue weighted by molar-refractivity contribution is 9.11. The third kappa shape index (κ3) is 4.56. The zero-order valence-corrected chi connectivity index (χ0v) is 14.2. The van der Waals surface area contributed by atoms with E-state index in [1.165, 1.54) is 5.56 Å². The summed E-state index contributed by atoms with van der Waals surface area (Å²) in [5.74, 6) is 0. The Labute approximate surface area is 132 Å². The van der Waals surface area contributed by atoms with Crippen LogP contribution in [0.15, 0.2) is 42.8 Å². The predicted molar refractivity (Wildman–Crippen MR) is 87.0 cm³/mol. The maximum atomic E-state index is 11.8. The van der Waals surface area contributed by atoms with Crippen molar-refractivity contribution in [2.45, 2.75) is 13.0 Å². The minimum atomic E-state index is 0.00262. The van der Waals surface area contributed by atoms with E-state index >= 15 is 0 Å². The Morgan fingerprint density at radius 2 is 2.16 bits per heavy atom. The molecule has 0 bridgehead atoms. The van der Waals surface area contributed by atoms with Gasteiger partial charge in [0.15, 0.2) is 0 Å². The normalized spacial score (nSPS) is 10.8. The molecule has 0 saturated heterocycles. The molecule has 19 heavy (non-hydrogen) atoms. The van der Waals surface area contributed by atoms with Gasteiger partial charge in [-0.05, 0) is 73.3 Å². The molecule has 0 atom stereocenters. The summed E-state index contributed by atoms with van der Waals surface area (Å²) in [6, 6.07) is 3.91. The van der Waals surface area contributed by atoms with Crippen molar-refractivity contribution in [1.29, 1.82) is 0 Å². The van der Waals surface area contributed by atoms with Crippen molar-refractivity contribution in [2.24, 2.45) is 0 Å². The highest BCUT2D eigenvalue weighted by Crippen LogP contribution is 2.12. The first-order chi connectivity index (χ1) is 9.16. The lowest BCUT2D eigenvalue weighted by atomic mass is 10.2. The lowest BCUT2D eigenvalue weighted by Gasteiger charge is -2.08. The van der Waals surface area contributed by atoms with Gasteiger partial charge in [-0.15, -0.1) is 0 Å². The van der Waals surface area contributed by atoms with Gasteiger partial charge in [0.05, 0.1) is 4.47 Å². The smallest absolute Gasteiger partial charge is 0.264 e. The minimum Gasteiger partial charge on any atom is -0.315 e. The second kappa shape index (κ2) is 7.38. The third-order valence-corrected chi connectivity index (χ3v) is 4.44. The molecule has 0 aromatic carbocycles. The van der Waals surface area contributed by atoms with Crippen LogP contribution in [-0.2, 0) is 13.0 Å². The summed E-state index contributed by atoms with van der Waals surface area (Å²) in [6.45, 7) is 2.38. The number of nitrogens with zero attached hydrogens (tertiary/aromatic N) is 1. The Morgan fingerprint density at radius 1 is 1.32 bits per heavy atom. The van der Waals surface area contributed by atoms with Gasteiger partial charge >= 0.3 is 0 Å². The first-order valence-electron chi connectivity index (χ1n) is 5.94. The van der Waals surface area contributed by atoms with E-state index in [1.807, 2.05) is 6.20 Å². The molecule has 0 unspecified atom stereocenters. The van der Waals surface area contributed by atoms with Crippen LogP contribution in [0.5, 0.6) is 0 Å². The van der Waals surface area contributed by atoms with Crippen LogP contribution in [0, 0.1) is 0 Å². The van der Waals surface area contributed by atoms with Crippen LogP contribution in [0.3, 0.4) is 0 Å². The van der Waals surface area contributed by atoms with E-state index in [4.69, 9.17) is 0 Å². The number of thiophene rings is 1. The summed E-state index contributed by atoms with van der Waals surface area (Å²) < 4.78 is 3.18. The summed E-state index contributed by atoms with van der Waals surface area (Å²) in [4.78, 5) is 11.8. The van der Waals surface area contributed by atoms with E-state index in [-0.39, 0.29) is 5.56 Å². The van der Waals surface area contributed by atoms with Gasteiger partial charge in [-0.25, -0.2) is 0 Å². The molecule has 2 aromatic rings. The third-order valence-electron chi connectivity index (χ3n) is 2.71. The summed E-state index contributed by atoms with van der Waals surface area (Å²) in [6.07, 6.45) is 2.84. The average molecular weight is 406 g/mol. The molecule has 3 nitrogen and oxygen atoms in total. The van der Waals surface area contributed by atoms with Gasteiger partial charge in [0.25, 0.3) is 5.56 Å². The van der Waals surface area contributed by atoms with E-state index in [9.17, 15) is 4.79 Å². The van der Waals surface area contributed by atoms with Crippen molar-refractivity contribution in [3.8, 4) is 0 Å². The highest BCUT2D eigenvalue weighted by atomic mass is 79.9. The number of aromatic nitrogens is 1. The number of hydrogen-bond donors (Lipinski definition) is 1. The van der Waals surface area contributed by atoms with Crippen LogP contribution in [0.25, 0.3) is 0 Å². The Kier molecular flexibility index (Phi) is 5.81. The second-order valence-corrected chi connectivity index (χ2v) is 6.69. The van der Waals surface area contributed by atoms with E-state index < -0.39 is 0 Å². The first kappa shape index (κ1) is 15.0. The molecular weight excluding hydrogens is 392 g/mol. The Hall–Kier alpha value is -0.430.